The minimum Gasteiger partial charge on any atom is -0.379 e. The predicted molar refractivity (Wildman–Crippen MR) is 54.8 cm³/mol. The van der Waals surface area contributed by atoms with Gasteiger partial charge in [0, 0.05) is 25.7 Å². The SMILES string of the molecule is CCCCC(N)CN1CCOCC1. The van der Waals surface area contributed by atoms with Gasteiger partial charge in [0.2, 0.25) is 0 Å². The minimum atomic E-state index is 0.359. The molecule has 0 aromatic carbocycles. The summed E-state index contributed by atoms with van der Waals surface area (Å²) in [5.41, 5.74) is 6.01. The van der Waals surface area contributed by atoms with Gasteiger partial charge in [-0.05, 0) is 6.42 Å². The average molecular weight is 186 g/mol. The molecule has 0 aromatic heterocycles. The molecule has 13 heavy (non-hydrogen) atoms. The van der Waals surface area contributed by atoms with Crippen LogP contribution in [0, 0.1) is 0 Å². The van der Waals surface area contributed by atoms with Crippen LogP contribution in [0.3, 0.4) is 0 Å². The van der Waals surface area contributed by atoms with E-state index in [0.717, 1.165) is 39.3 Å². The van der Waals surface area contributed by atoms with Gasteiger partial charge in [0.25, 0.3) is 0 Å². The Morgan fingerprint density at radius 1 is 1.38 bits per heavy atom. The second kappa shape index (κ2) is 6.35. The molecular formula is C10H22N2O. The van der Waals surface area contributed by atoms with Crippen LogP contribution in [-0.2, 0) is 4.74 Å². The highest BCUT2D eigenvalue weighted by Gasteiger charge is 2.13. The van der Waals surface area contributed by atoms with Gasteiger partial charge in [-0.15, -0.1) is 0 Å². The van der Waals surface area contributed by atoms with E-state index in [1.807, 2.05) is 0 Å². The second-order valence-corrected chi connectivity index (χ2v) is 3.82. The molecule has 0 aliphatic carbocycles. The molecule has 0 aromatic rings. The quantitative estimate of drug-likeness (QED) is 0.691. The topological polar surface area (TPSA) is 38.5 Å². The Balaban J connectivity index is 2.07. The van der Waals surface area contributed by atoms with E-state index in [-0.39, 0.29) is 0 Å². The molecule has 0 saturated carbocycles. The highest BCUT2D eigenvalue weighted by atomic mass is 16.5. The third-order valence-electron chi connectivity index (χ3n) is 2.52. The largest absolute Gasteiger partial charge is 0.379 e. The van der Waals surface area contributed by atoms with Crippen molar-refractivity contribution in [2.24, 2.45) is 5.73 Å². The molecule has 1 rings (SSSR count). The van der Waals surface area contributed by atoms with Crippen molar-refractivity contribution < 1.29 is 4.74 Å². The fourth-order valence-corrected chi connectivity index (χ4v) is 1.67. The van der Waals surface area contributed by atoms with Crippen molar-refractivity contribution in [3.8, 4) is 0 Å². The Kier molecular flexibility index (Phi) is 5.35. The van der Waals surface area contributed by atoms with Gasteiger partial charge in [0.05, 0.1) is 13.2 Å². The fourth-order valence-electron chi connectivity index (χ4n) is 1.67. The van der Waals surface area contributed by atoms with E-state index in [1.54, 1.807) is 0 Å². The molecule has 0 spiro atoms. The molecule has 1 aliphatic heterocycles. The van der Waals surface area contributed by atoms with Crippen LogP contribution in [0.2, 0.25) is 0 Å². The summed E-state index contributed by atoms with van der Waals surface area (Å²) >= 11 is 0. The first kappa shape index (κ1) is 11.0. The van der Waals surface area contributed by atoms with E-state index in [9.17, 15) is 0 Å². The summed E-state index contributed by atoms with van der Waals surface area (Å²) in [5, 5.41) is 0. The maximum Gasteiger partial charge on any atom is 0.0594 e. The van der Waals surface area contributed by atoms with Gasteiger partial charge in [0.1, 0.15) is 0 Å². The molecule has 1 saturated heterocycles. The van der Waals surface area contributed by atoms with E-state index in [1.165, 1.54) is 12.8 Å². The third kappa shape index (κ3) is 4.60. The van der Waals surface area contributed by atoms with Gasteiger partial charge in [-0.25, -0.2) is 0 Å². The van der Waals surface area contributed by atoms with E-state index in [0.29, 0.717) is 6.04 Å². The lowest BCUT2D eigenvalue weighted by molar-refractivity contribution is 0.0349. The number of unbranched alkanes of at least 4 members (excludes halogenated alkanes) is 1. The highest BCUT2D eigenvalue weighted by Crippen LogP contribution is 2.02. The third-order valence-corrected chi connectivity index (χ3v) is 2.52. The summed E-state index contributed by atoms with van der Waals surface area (Å²) < 4.78 is 5.28. The van der Waals surface area contributed by atoms with Gasteiger partial charge in [-0.3, -0.25) is 4.90 Å². The van der Waals surface area contributed by atoms with Crippen molar-refractivity contribution in [3.05, 3.63) is 0 Å². The number of hydrogen-bond acceptors (Lipinski definition) is 3. The van der Waals surface area contributed by atoms with Crippen molar-refractivity contribution in [2.75, 3.05) is 32.8 Å². The fraction of sp³-hybridized carbons (Fsp3) is 1.00. The molecule has 3 nitrogen and oxygen atoms in total. The van der Waals surface area contributed by atoms with Gasteiger partial charge >= 0.3 is 0 Å². The summed E-state index contributed by atoms with van der Waals surface area (Å²) in [6.07, 6.45) is 3.66. The lowest BCUT2D eigenvalue weighted by Crippen LogP contribution is -2.43. The lowest BCUT2D eigenvalue weighted by Gasteiger charge is -2.28. The van der Waals surface area contributed by atoms with Gasteiger partial charge < -0.3 is 10.5 Å². The Labute approximate surface area is 81.2 Å². The maximum absolute atomic E-state index is 6.01. The number of ether oxygens (including phenoxy) is 1. The van der Waals surface area contributed by atoms with Gasteiger partial charge in [-0.1, -0.05) is 19.8 Å². The van der Waals surface area contributed by atoms with Crippen LogP contribution < -0.4 is 5.73 Å². The van der Waals surface area contributed by atoms with E-state index >= 15 is 0 Å². The summed E-state index contributed by atoms with van der Waals surface area (Å²) in [4.78, 5) is 2.41. The Bertz CT molecular complexity index is 124. The number of nitrogens with two attached hydrogens (primary N) is 1. The maximum atomic E-state index is 6.01. The standard InChI is InChI=1S/C10H22N2O/c1-2-3-4-10(11)9-12-5-7-13-8-6-12/h10H,2-9,11H2,1H3. The number of nitrogens with zero attached hydrogens (tertiary/aromatic N) is 1. The van der Waals surface area contributed by atoms with Crippen LogP contribution in [0.5, 0.6) is 0 Å². The second-order valence-electron chi connectivity index (χ2n) is 3.82. The van der Waals surface area contributed by atoms with Crippen molar-refractivity contribution in [1.29, 1.82) is 0 Å². The van der Waals surface area contributed by atoms with Crippen LogP contribution in [0.15, 0.2) is 0 Å². The molecule has 2 N–H and O–H groups in total. The van der Waals surface area contributed by atoms with Crippen molar-refractivity contribution >= 4 is 0 Å². The number of rotatable bonds is 5. The molecule has 1 aliphatic rings. The molecule has 1 atom stereocenters. The molecule has 1 fully saturated rings. The van der Waals surface area contributed by atoms with Gasteiger partial charge in [0.15, 0.2) is 0 Å². The normalized spacial score (nSPS) is 21.7. The molecule has 1 unspecified atom stereocenters. The summed E-state index contributed by atoms with van der Waals surface area (Å²) in [6.45, 7) is 7.12. The van der Waals surface area contributed by atoms with Crippen LogP contribution in [0.25, 0.3) is 0 Å². The predicted octanol–water partition coefficient (Wildman–Crippen LogP) is 0.836. The van der Waals surface area contributed by atoms with Crippen LogP contribution in [-0.4, -0.2) is 43.8 Å². The molecule has 0 bridgehead atoms. The molecule has 78 valence electrons. The van der Waals surface area contributed by atoms with Crippen LogP contribution >= 0.6 is 0 Å². The first-order valence-corrected chi connectivity index (χ1v) is 5.38. The Morgan fingerprint density at radius 2 is 2.08 bits per heavy atom. The molecule has 3 heteroatoms. The zero-order chi connectivity index (χ0) is 9.52. The number of hydrogen-bond donors (Lipinski definition) is 1. The average Bonchev–Trinajstić information content (AvgIpc) is 2.16. The molecular weight excluding hydrogens is 164 g/mol. The highest BCUT2D eigenvalue weighted by molar-refractivity contribution is 4.70. The van der Waals surface area contributed by atoms with E-state index < -0.39 is 0 Å². The van der Waals surface area contributed by atoms with Crippen LogP contribution in [0.4, 0.5) is 0 Å². The Morgan fingerprint density at radius 3 is 2.69 bits per heavy atom. The molecule has 0 radical (unpaired) electrons. The van der Waals surface area contributed by atoms with E-state index in [4.69, 9.17) is 10.5 Å². The number of morpholine rings is 1. The first-order valence-electron chi connectivity index (χ1n) is 5.38. The Hall–Kier alpha value is -0.120. The van der Waals surface area contributed by atoms with E-state index in [2.05, 4.69) is 11.8 Å². The molecule has 0 amide bonds. The minimum absolute atomic E-state index is 0.359. The van der Waals surface area contributed by atoms with Crippen molar-refractivity contribution in [3.63, 3.8) is 0 Å². The van der Waals surface area contributed by atoms with Crippen LogP contribution in [0.1, 0.15) is 26.2 Å². The summed E-state index contributed by atoms with van der Waals surface area (Å²) in [6, 6.07) is 0.359. The summed E-state index contributed by atoms with van der Waals surface area (Å²) in [5.74, 6) is 0. The lowest BCUT2D eigenvalue weighted by atomic mass is 10.1. The van der Waals surface area contributed by atoms with Gasteiger partial charge in [-0.2, -0.15) is 0 Å². The first-order chi connectivity index (χ1) is 6.33. The monoisotopic (exact) mass is 186 g/mol. The zero-order valence-corrected chi connectivity index (χ0v) is 8.67. The smallest absolute Gasteiger partial charge is 0.0594 e. The van der Waals surface area contributed by atoms with Crippen molar-refractivity contribution in [1.82, 2.24) is 4.90 Å². The summed E-state index contributed by atoms with van der Waals surface area (Å²) in [7, 11) is 0. The van der Waals surface area contributed by atoms with Crippen molar-refractivity contribution in [2.45, 2.75) is 32.2 Å². The zero-order valence-electron chi connectivity index (χ0n) is 8.67. The molecule has 1 heterocycles.